The minimum atomic E-state index is -0.822. The summed E-state index contributed by atoms with van der Waals surface area (Å²) < 4.78 is 37.3. The molecule has 1 amide bonds. The third kappa shape index (κ3) is 4.74. The number of ether oxygens (including phenoxy) is 1. The normalized spacial score (nSPS) is 26.8. The highest BCUT2D eigenvalue weighted by molar-refractivity contribution is 7.99. The summed E-state index contributed by atoms with van der Waals surface area (Å²) in [5, 5.41) is 0.622. The first kappa shape index (κ1) is 29.7. The Hall–Kier alpha value is -2.99. The molecule has 5 atom stereocenters. The lowest BCUT2D eigenvalue weighted by molar-refractivity contribution is -0.128. The maximum absolute atomic E-state index is 15.5. The Morgan fingerprint density at radius 1 is 1.11 bits per heavy atom. The van der Waals surface area contributed by atoms with Crippen molar-refractivity contribution in [1.82, 2.24) is 19.4 Å². The Morgan fingerprint density at radius 3 is 2.61 bits per heavy atom. The number of carbonyl (C=O) groups excluding carboxylic acids is 1. The quantitative estimate of drug-likeness (QED) is 0.298. The lowest BCUT2D eigenvalue weighted by atomic mass is 9.96. The van der Waals surface area contributed by atoms with E-state index in [1.807, 2.05) is 26.8 Å². The highest BCUT2D eigenvalue weighted by atomic mass is 35.5. The number of likely N-dealkylation sites (tertiary alicyclic amines) is 1. The van der Waals surface area contributed by atoms with Crippen LogP contribution in [0.15, 0.2) is 40.5 Å². The number of amides is 1. The smallest absolute Gasteiger partial charge is 0.350 e. The van der Waals surface area contributed by atoms with Gasteiger partial charge in [0.25, 0.3) is 0 Å². The van der Waals surface area contributed by atoms with Crippen LogP contribution in [-0.2, 0) is 16.1 Å². The number of anilines is 1. The first-order chi connectivity index (χ1) is 21.0. The molecule has 8 nitrogen and oxygen atoms in total. The zero-order chi connectivity index (χ0) is 31.0. The Kier molecular flexibility index (Phi) is 7.50. The van der Waals surface area contributed by atoms with Gasteiger partial charge in [-0.25, -0.2) is 13.6 Å². The predicted molar refractivity (Wildman–Crippen MR) is 169 cm³/mol. The number of benzene rings is 2. The summed E-state index contributed by atoms with van der Waals surface area (Å²) in [6.07, 6.45) is 2.51. The van der Waals surface area contributed by atoms with Crippen molar-refractivity contribution < 1.29 is 18.3 Å². The molecular formula is C32H34ClF2N5O3S. The summed E-state index contributed by atoms with van der Waals surface area (Å²) in [7, 11) is 0. The van der Waals surface area contributed by atoms with E-state index in [9.17, 15) is 14.0 Å². The molecule has 0 saturated carbocycles. The van der Waals surface area contributed by atoms with Crippen molar-refractivity contribution in [3.8, 4) is 11.1 Å². The molecule has 44 heavy (non-hydrogen) atoms. The SMILES string of the molecule is C=CC(=O)N1C[C@H](C)N(c2nc(=O)n3c4c(c(-c5cc(Cl)c(F)cc5F)c(C)cc24)SCC(N2C[C@@H]4C[C@H]2CO4)C3)C[C@H]1C. The summed E-state index contributed by atoms with van der Waals surface area (Å²) in [4.78, 5) is 38.3. The Labute approximate surface area is 263 Å². The van der Waals surface area contributed by atoms with Gasteiger partial charge in [0.2, 0.25) is 5.91 Å². The Balaban J connectivity index is 1.42. The largest absolute Gasteiger partial charge is 0.375 e. The number of aromatic nitrogens is 2. The number of morpholine rings is 1. The highest BCUT2D eigenvalue weighted by Gasteiger charge is 2.43. The zero-order valence-electron chi connectivity index (χ0n) is 24.9. The van der Waals surface area contributed by atoms with E-state index in [4.69, 9.17) is 21.3 Å². The van der Waals surface area contributed by atoms with Crippen LogP contribution in [0, 0.1) is 18.6 Å². The van der Waals surface area contributed by atoms with Crippen LogP contribution in [0.3, 0.4) is 0 Å². The van der Waals surface area contributed by atoms with Gasteiger partial charge in [-0.05, 0) is 51.0 Å². The molecule has 0 spiro atoms. The van der Waals surface area contributed by atoms with Gasteiger partial charge in [0, 0.05) is 83.6 Å². The first-order valence-electron chi connectivity index (χ1n) is 15.0. The number of thioether (sulfide) groups is 1. The van der Waals surface area contributed by atoms with Crippen molar-refractivity contribution in [2.75, 3.05) is 36.9 Å². The van der Waals surface area contributed by atoms with Gasteiger partial charge in [-0.3, -0.25) is 14.3 Å². The van der Waals surface area contributed by atoms with Gasteiger partial charge in [-0.1, -0.05) is 18.2 Å². The molecule has 7 rings (SSSR count). The van der Waals surface area contributed by atoms with Crippen molar-refractivity contribution in [1.29, 1.82) is 0 Å². The lowest BCUT2D eigenvalue weighted by Gasteiger charge is -2.44. The van der Waals surface area contributed by atoms with E-state index in [-0.39, 0.29) is 46.4 Å². The second-order valence-electron chi connectivity index (χ2n) is 12.4. The molecule has 3 saturated heterocycles. The maximum atomic E-state index is 15.5. The van der Waals surface area contributed by atoms with Crippen molar-refractivity contribution in [3.63, 3.8) is 0 Å². The molecule has 0 radical (unpaired) electrons. The fraction of sp³-hybridized carbons (Fsp3) is 0.469. The number of aryl methyl sites for hydroxylation is 1. The van der Waals surface area contributed by atoms with Gasteiger partial charge in [-0.15, -0.1) is 11.8 Å². The van der Waals surface area contributed by atoms with Crippen molar-refractivity contribution in [2.24, 2.45) is 0 Å². The molecule has 0 N–H and O–H groups in total. The Morgan fingerprint density at radius 2 is 1.91 bits per heavy atom. The number of rotatable bonds is 4. The Bertz CT molecular complexity index is 1770. The molecule has 3 aromatic rings. The number of hydrogen-bond acceptors (Lipinski definition) is 7. The lowest BCUT2D eigenvalue weighted by Crippen LogP contribution is -2.58. The van der Waals surface area contributed by atoms with Gasteiger partial charge < -0.3 is 14.5 Å². The van der Waals surface area contributed by atoms with Crippen LogP contribution >= 0.6 is 23.4 Å². The van der Waals surface area contributed by atoms with E-state index < -0.39 is 11.6 Å². The first-order valence-corrected chi connectivity index (χ1v) is 16.3. The summed E-state index contributed by atoms with van der Waals surface area (Å²) in [5.41, 5.74) is 1.88. The number of nitrogens with zero attached hydrogens (tertiary/aromatic N) is 5. The van der Waals surface area contributed by atoms with Crippen molar-refractivity contribution in [2.45, 2.75) is 68.9 Å². The van der Waals surface area contributed by atoms with Gasteiger partial charge in [0.05, 0.1) is 23.3 Å². The minimum absolute atomic E-state index is 0.0436. The average molecular weight is 642 g/mol. The number of halogens is 3. The third-order valence-corrected chi connectivity index (χ3v) is 11.1. The summed E-state index contributed by atoms with van der Waals surface area (Å²) in [5.74, 6) is -0.439. The summed E-state index contributed by atoms with van der Waals surface area (Å²) in [6, 6.07) is 4.20. The summed E-state index contributed by atoms with van der Waals surface area (Å²) >= 11 is 7.77. The van der Waals surface area contributed by atoms with E-state index in [1.165, 1.54) is 12.1 Å². The van der Waals surface area contributed by atoms with E-state index in [0.29, 0.717) is 54.9 Å². The van der Waals surface area contributed by atoms with Gasteiger partial charge in [-0.2, -0.15) is 4.98 Å². The molecule has 4 aliphatic heterocycles. The molecule has 5 heterocycles. The third-order valence-electron chi connectivity index (χ3n) is 9.62. The molecule has 1 unspecified atom stereocenters. The number of fused-ring (bicyclic) bond motifs is 2. The topological polar surface area (TPSA) is 70.9 Å². The molecule has 12 heteroatoms. The van der Waals surface area contributed by atoms with E-state index >= 15 is 4.39 Å². The van der Waals surface area contributed by atoms with Crippen LogP contribution in [0.5, 0.6) is 0 Å². The van der Waals surface area contributed by atoms with Crippen LogP contribution in [0.1, 0.15) is 25.8 Å². The molecule has 4 aliphatic rings. The predicted octanol–water partition coefficient (Wildman–Crippen LogP) is 4.86. The molecule has 232 valence electrons. The maximum Gasteiger partial charge on any atom is 0.350 e. The van der Waals surface area contributed by atoms with Crippen LogP contribution in [0.4, 0.5) is 14.6 Å². The molecule has 3 fully saturated rings. The van der Waals surface area contributed by atoms with Gasteiger partial charge in [0.1, 0.15) is 17.5 Å². The van der Waals surface area contributed by atoms with E-state index in [1.54, 1.807) is 21.2 Å². The molecule has 2 bridgehead atoms. The summed E-state index contributed by atoms with van der Waals surface area (Å²) in [6.45, 7) is 12.4. The van der Waals surface area contributed by atoms with Gasteiger partial charge in [0.15, 0.2) is 0 Å². The van der Waals surface area contributed by atoms with Crippen molar-refractivity contribution in [3.05, 3.63) is 63.6 Å². The standard InChI is InChI=1S/C32H34ClF2N5O3S/c1-5-27(41)37-10-18(4)38(11-17(37)3)31-23-6-16(2)28(22-8-24(33)26(35)9-25(22)34)30-29(23)40(32(42)36-31)12-20(15-44-30)39-13-21-7-19(39)14-43-21/h5-6,8-9,17-21H,1,7,10-15H2,2-4H3/t17-,18+,19+,20?,21+/m1/s1. The fourth-order valence-corrected chi connectivity index (χ4v) is 9.06. The minimum Gasteiger partial charge on any atom is -0.375 e. The van der Waals surface area contributed by atoms with E-state index in [2.05, 4.69) is 16.4 Å². The van der Waals surface area contributed by atoms with Crippen LogP contribution in [0.2, 0.25) is 5.02 Å². The number of hydrogen-bond donors (Lipinski definition) is 0. The van der Waals surface area contributed by atoms with Gasteiger partial charge >= 0.3 is 5.69 Å². The monoisotopic (exact) mass is 641 g/mol. The molecule has 0 aliphatic carbocycles. The van der Waals surface area contributed by atoms with Crippen molar-refractivity contribution >= 4 is 46.0 Å². The van der Waals surface area contributed by atoms with E-state index in [0.717, 1.165) is 34.9 Å². The number of carbonyl (C=O) groups is 1. The second-order valence-corrected chi connectivity index (χ2v) is 13.9. The zero-order valence-corrected chi connectivity index (χ0v) is 26.4. The van der Waals surface area contributed by atoms with Crippen LogP contribution in [-0.4, -0.2) is 87.5 Å². The molecule has 2 aromatic carbocycles. The average Bonchev–Trinajstić information content (AvgIpc) is 3.57. The second kappa shape index (κ2) is 11.1. The van der Waals surface area contributed by atoms with Crippen LogP contribution < -0.4 is 10.6 Å². The molecular weight excluding hydrogens is 608 g/mol. The highest BCUT2D eigenvalue weighted by Crippen LogP contribution is 2.46. The molecule has 1 aromatic heterocycles. The van der Waals surface area contributed by atoms with Crippen LogP contribution in [0.25, 0.3) is 22.0 Å². The fourth-order valence-electron chi connectivity index (χ4n) is 7.47. The number of piperazine rings is 1.